The fourth-order valence-electron chi connectivity index (χ4n) is 4.61. The van der Waals surface area contributed by atoms with Crippen LogP contribution in [0.1, 0.15) is 29.4 Å². The van der Waals surface area contributed by atoms with Gasteiger partial charge >= 0.3 is 0 Å². The van der Waals surface area contributed by atoms with Crippen LogP contribution in [0.4, 0.5) is 11.4 Å². The van der Waals surface area contributed by atoms with Crippen LogP contribution in [0.25, 0.3) is 0 Å². The lowest BCUT2D eigenvalue weighted by Crippen LogP contribution is -2.49. The van der Waals surface area contributed by atoms with Gasteiger partial charge in [0.25, 0.3) is 0 Å². The lowest BCUT2D eigenvalue weighted by atomic mass is 10.2. The second-order valence-electron chi connectivity index (χ2n) is 8.70. The molecule has 1 aromatic carbocycles. The van der Waals surface area contributed by atoms with E-state index in [2.05, 4.69) is 20.2 Å². The number of nitrogens with zero attached hydrogens (tertiary/aromatic N) is 4. The summed E-state index contributed by atoms with van der Waals surface area (Å²) in [4.78, 5) is 16.9. The molecule has 1 atom stereocenters. The van der Waals surface area contributed by atoms with Gasteiger partial charge < -0.3 is 10.2 Å². The molecule has 4 rings (SSSR count). The number of nitrogens with one attached hydrogen (secondary N) is 1. The maximum atomic E-state index is 12.4. The number of hydrogen-bond donors (Lipinski definition) is 1. The second kappa shape index (κ2) is 8.63. The number of aromatic nitrogens is 2. The number of benzene rings is 1. The molecule has 31 heavy (non-hydrogen) atoms. The smallest absolute Gasteiger partial charge is 0.238 e. The number of rotatable bonds is 5. The highest BCUT2D eigenvalue weighted by atomic mass is 32.2. The molecular weight excluding hydrogens is 414 g/mol. The Kier molecular flexibility index (Phi) is 6.07. The van der Waals surface area contributed by atoms with E-state index in [1.54, 1.807) is 0 Å². The van der Waals surface area contributed by atoms with E-state index >= 15 is 0 Å². The van der Waals surface area contributed by atoms with Gasteiger partial charge in [-0.1, -0.05) is 17.7 Å². The van der Waals surface area contributed by atoms with Crippen molar-refractivity contribution in [3.63, 3.8) is 0 Å². The van der Waals surface area contributed by atoms with E-state index in [1.165, 1.54) is 0 Å². The largest absolute Gasteiger partial charge is 0.366 e. The predicted molar refractivity (Wildman–Crippen MR) is 122 cm³/mol. The zero-order chi connectivity index (χ0) is 22.2. The van der Waals surface area contributed by atoms with Crippen LogP contribution < -0.4 is 10.2 Å². The molecule has 8 nitrogen and oxygen atoms in total. The Bertz CT molecular complexity index is 1050. The molecule has 0 radical (unpaired) electrons. The summed E-state index contributed by atoms with van der Waals surface area (Å²) in [7, 11) is -2.95. The van der Waals surface area contributed by atoms with Crippen molar-refractivity contribution in [3.8, 4) is 0 Å². The number of piperazine rings is 1. The number of anilines is 2. The average Bonchev–Trinajstić information content (AvgIpc) is 3.22. The van der Waals surface area contributed by atoms with Crippen LogP contribution in [-0.4, -0.2) is 73.2 Å². The fraction of sp³-hybridized carbons (Fsp3) is 0.545. The molecule has 1 N–H and O–H groups in total. The summed E-state index contributed by atoms with van der Waals surface area (Å²) in [6, 6.07) is 7.75. The molecule has 0 aliphatic carbocycles. The number of sulfone groups is 1. The Balaban J connectivity index is 1.34. The van der Waals surface area contributed by atoms with E-state index in [4.69, 9.17) is 0 Å². The zero-order valence-corrected chi connectivity index (χ0v) is 19.3. The Morgan fingerprint density at radius 3 is 2.39 bits per heavy atom. The van der Waals surface area contributed by atoms with Gasteiger partial charge in [0.15, 0.2) is 9.84 Å². The molecule has 1 amide bonds. The molecule has 168 valence electrons. The SMILES string of the molecule is Cc1ccc(NC(=O)CN2CCN(c3c(C)nn(C4CCS(=O)(=O)C4)c3C)CC2)cc1. The summed E-state index contributed by atoms with van der Waals surface area (Å²) in [6.45, 7) is 9.63. The van der Waals surface area contributed by atoms with Crippen LogP contribution in [0.5, 0.6) is 0 Å². The number of aryl methyl sites for hydroxylation is 2. The summed E-state index contributed by atoms with van der Waals surface area (Å²) in [5.74, 6) is 0.423. The Labute approximate surface area is 184 Å². The summed E-state index contributed by atoms with van der Waals surface area (Å²) in [6.07, 6.45) is 0.633. The molecule has 2 aliphatic heterocycles. The van der Waals surface area contributed by atoms with Crippen LogP contribution in [-0.2, 0) is 14.6 Å². The molecule has 2 saturated heterocycles. The molecule has 0 saturated carbocycles. The minimum Gasteiger partial charge on any atom is -0.366 e. The molecule has 0 bridgehead atoms. The molecule has 3 heterocycles. The molecular formula is C22H31N5O3S. The quantitative estimate of drug-likeness (QED) is 0.757. The molecule has 2 fully saturated rings. The number of hydrogen-bond acceptors (Lipinski definition) is 6. The molecule has 0 spiro atoms. The van der Waals surface area contributed by atoms with Gasteiger partial charge in [0, 0.05) is 31.9 Å². The minimum absolute atomic E-state index is 0.0000681. The highest BCUT2D eigenvalue weighted by Gasteiger charge is 2.32. The van der Waals surface area contributed by atoms with Crippen LogP contribution in [0, 0.1) is 20.8 Å². The zero-order valence-electron chi connectivity index (χ0n) is 18.5. The maximum absolute atomic E-state index is 12.4. The van der Waals surface area contributed by atoms with E-state index in [9.17, 15) is 13.2 Å². The van der Waals surface area contributed by atoms with Gasteiger partial charge in [-0.25, -0.2) is 8.42 Å². The number of carbonyl (C=O) groups is 1. The predicted octanol–water partition coefficient (Wildman–Crippen LogP) is 1.93. The minimum atomic E-state index is -2.95. The topological polar surface area (TPSA) is 87.5 Å². The number of amides is 1. The van der Waals surface area contributed by atoms with E-state index in [0.29, 0.717) is 13.0 Å². The van der Waals surface area contributed by atoms with Gasteiger partial charge in [-0.15, -0.1) is 0 Å². The first kappa shape index (κ1) is 21.8. The van der Waals surface area contributed by atoms with Gasteiger partial charge in [-0.2, -0.15) is 5.10 Å². The van der Waals surface area contributed by atoms with Crippen molar-refractivity contribution in [2.24, 2.45) is 0 Å². The molecule has 1 unspecified atom stereocenters. The Morgan fingerprint density at radius 1 is 1.10 bits per heavy atom. The van der Waals surface area contributed by atoms with Crippen LogP contribution in [0.3, 0.4) is 0 Å². The van der Waals surface area contributed by atoms with Crippen molar-refractivity contribution in [2.75, 3.05) is 54.4 Å². The summed E-state index contributed by atoms with van der Waals surface area (Å²) in [5, 5.41) is 7.65. The normalized spacial score (nSPS) is 21.4. The fourth-order valence-corrected chi connectivity index (χ4v) is 6.30. The van der Waals surface area contributed by atoms with Crippen LogP contribution in [0.2, 0.25) is 0 Å². The Hall–Kier alpha value is -2.39. The maximum Gasteiger partial charge on any atom is 0.238 e. The molecule has 9 heteroatoms. The van der Waals surface area contributed by atoms with Crippen LogP contribution >= 0.6 is 0 Å². The first-order valence-corrected chi connectivity index (χ1v) is 12.6. The first-order valence-electron chi connectivity index (χ1n) is 10.8. The van der Waals surface area contributed by atoms with Crippen molar-refractivity contribution >= 4 is 27.1 Å². The van der Waals surface area contributed by atoms with Crippen molar-refractivity contribution in [1.82, 2.24) is 14.7 Å². The average molecular weight is 446 g/mol. The summed E-state index contributed by atoms with van der Waals surface area (Å²) in [5.41, 5.74) is 5.06. The van der Waals surface area contributed by atoms with E-state index in [0.717, 1.165) is 54.5 Å². The molecule has 2 aliphatic rings. The Morgan fingerprint density at radius 2 is 1.77 bits per heavy atom. The van der Waals surface area contributed by atoms with Gasteiger partial charge in [0.05, 0.1) is 41.2 Å². The van der Waals surface area contributed by atoms with Crippen LogP contribution in [0.15, 0.2) is 24.3 Å². The third-order valence-electron chi connectivity index (χ3n) is 6.23. The van der Waals surface area contributed by atoms with Crippen molar-refractivity contribution in [3.05, 3.63) is 41.2 Å². The summed E-state index contributed by atoms with van der Waals surface area (Å²) >= 11 is 0. The van der Waals surface area contributed by atoms with E-state index in [1.807, 2.05) is 49.7 Å². The van der Waals surface area contributed by atoms with Crippen molar-refractivity contribution < 1.29 is 13.2 Å². The van der Waals surface area contributed by atoms with Gasteiger partial charge in [-0.05, 0) is 39.3 Å². The highest BCUT2D eigenvalue weighted by molar-refractivity contribution is 7.91. The van der Waals surface area contributed by atoms with Crippen molar-refractivity contribution in [2.45, 2.75) is 33.2 Å². The third kappa shape index (κ3) is 4.93. The van der Waals surface area contributed by atoms with Gasteiger partial charge in [0.2, 0.25) is 5.91 Å². The van der Waals surface area contributed by atoms with Crippen molar-refractivity contribution in [1.29, 1.82) is 0 Å². The standard InChI is InChI=1S/C22H31N5O3S/c1-16-4-6-19(7-5-16)23-21(28)14-25-9-11-26(12-10-25)22-17(2)24-27(18(22)3)20-8-13-31(29,30)15-20/h4-7,20H,8-15H2,1-3H3,(H,23,28). The van der Waals surface area contributed by atoms with Gasteiger partial charge in [-0.3, -0.25) is 14.4 Å². The molecule has 1 aromatic heterocycles. The second-order valence-corrected chi connectivity index (χ2v) is 10.9. The lowest BCUT2D eigenvalue weighted by molar-refractivity contribution is -0.117. The summed E-state index contributed by atoms with van der Waals surface area (Å²) < 4.78 is 25.7. The molecule has 2 aromatic rings. The van der Waals surface area contributed by atoms with Gasteiger partial charge in [0.1, 0.15) is 0 Å². The lowest BCUT2D eigenvalue weighted by Gasteiger charge is -2.36. The third-order valence-corrected chi connectivity index (χ3v) is 7.98. The van der Waals surface area contributed by atoms with E-state index < -0.39 is 9.84 Å². The first-order chi connectivity index (χ1) is 14.7. The highest BCUT2D eigenvalue weighted by Crippen LogP contribution is 2.31. The van der Waals surface area contributed by atoms with E-state index in [-0.39, 0.29) is 23.5 Å². The number of carbonyl (C=O) groups excluding carboxylic acids is 1. The monoisotopic (exact) mass is 445 g/mol.